The van der Waals surface area contributed by atoms with Crippen LogP contribution in [0, 0.1) is 18.8 Å². The van der Waals surface area contributed by atoms with Gasteiger partial charge in [-0.05, 0) is 50.2 Å². The molecule has 2 aliphatic heterocycles. The van der Waals surface area contributed by atoms with E-state index < -0.39 is 0 Å². The molecule has 2 aliphatic rings. The van der Waals surface area contributed by atoms with Crippen molar-refractivity contribution in [2.75, 3.05) is 33.2 Å². The zero-order chi connectivity index (χ0) is 17.1. The fourth-order valence-corrected chi connectivity index (χ4v) is 4.05. The van der Waals surface area contributed by atoms with Crippen molar-refractivity contribution in [1.82, 2.24) is 15.1 Å². The minimum Gasteiger partial charge on any atom is -0.341 e. The van der Waals surface area contributed by atoms with Crippen LogP contribution in [-0.2, 0) is 0 Å². The third-order valence-electron chi connectivity index (χ3n) is 5.48. The predicted molar refractivity (Wildman–Crippen MR) is 93.9 cm³/mol. The second kappa shape index (κ2) is 7.24. The fourth-order valence-electron chi connectivity index (χ4n) is 4.05. The van der Waals surface area contributed by atoms with Crippen LogP contribution in [0.2, 0.25) is 0 Å². The number of hydrogen-bond acceptors (Lipinski definition) is 2. The minimum absolute atomic E-state index is 0.0242. The lowest BCUT2D eigenvalue weighted by atomic mass is 9.84. The van der Waals surface area contributed by atoms with Gasteiger partial charge in [0.1, 0.15) is 0 Å². The predicted octanol–water partition coefficient (Wildman–Crippen LogP) is 2.51. The highest BCUT2D eigenvalue weighted by Crippen LogP contribution is 2.32. The largest absolute Gasteiger partial charge is 0.341 e. The van der Waals surface area contributed by atoms with Gasteiger partial charge in [0, 0.05) is 38.8 Å². The van der Waals surface area contributed by atoms with Crippen LogP contribution in [0.1, 0.15) is 35.2 Å². The number of hydrogen-bond donors (Lipinski definition) is 1. The average Bonchev–Trinajstić information content (AvgIpc) is 3.10. The van der Waals surface area contributed by atoms with E-state index in [2.05, 4.69) is 5.32 Å². The second-order valence-electron chi connectivity index (χ2n) is 7.05. The second-order valence-corrected chi connectivity index (χ2v) is 7.05. The quantitative estimate of drug-likeness (QED) is 0.906. The number of urea groups is 1. The first kappa shape index (κ1) is 16.8. The molecule has 1 aromatic rings. The van der Waals surface area contributed by atoms with Crippen molar-refractivity contribution in [3.63, 3.8) is 0 Å². The Morgan fingerprint density at radius 2 is 1.71 bits per heavy atom. The van der Waals surface area contributed by atoms with Gasteiger partial charge >= 0.3 is 6.03 Å². The van der Waals surface area contributed by atoms with Gasteiger partial charge in [-0.25, -0.2) is 4.79 Å². The van der Waals surface area contributed by atoms with E-state index in [0.717, 1.165) is 56.6 Å². The molecule has 1 aromatic carbocycles. The summed E-state index contributed by atoms with van der Waals surface area (Å²) in [4.78, 5) is 28.2. The summed E-state index contributed by atoms with van der Waals surface area (Å²) in [5, 5.41) is 2.70. The Kier molecular flexibility index (Phi) is 5.07. The van der Waals surface area contributed by atoms with E-state index in [1.165, 1.54) is 0 Å². The molecule has 1 atom stereocenters. The molecule has 24 heavy (non-hydrogen) atoms. The Morgan fingerprint density at radius 3 is 2.38 bits per heavy atom. The third-order valence-corrected chi connectivity index (χ3v) is 5.48. The summed E-state index contributed by atoms with van der Waals surface area (Å²) in [6.45, 7) is 5.38. The molecule has 2 saturated heterocycles. The van der Waals surface area contributed by atoms with Crippen LogP contribution < -0.4 is 5.32 Å². The van der Waals surface area contributed by atoms with Gasteiger partial charge in [-0.15, -0.1) is 0 Å². The number of aryl methyl sites for hydroxylation is 1. The van der Waals surface area contributed by atoms with Gasteiger partial charge in [-0.2, -0.15) is 0 Å². The molecule has 0 aromatic heterocycles. The molecule has 0 aliphatic carbocycles. The molecule has 0 radical (unpaired) electrons. The van der Waals surface area contributed by atoms with Gasteiger partial charge in [0.15, 0.2) is 0 Å². The maximum Gasteiger partial charge on any atom is 0.317 e. The molecule has 0 saturated carbocycles. The van der Waals surface area contributed by atoms with E-state index in [1.807, 2.05) is 41.0 Å². The Bertz CT molecular complexity index is 608. The standard InChI is InChI=1S/C19H27N3O2/c1-14-4-3-5-16(12-14)18(23)22-11-8-17(13-22)15-6-9-21(10-7-15)19(24)20-2/h3-5,12,15,17H,6-11,13H2,1-2H3,(H,20,24). The average molecular weight is 329 g/mol. The smallest absolute Gasteiger partial charge is 0.317 e. The summed E-state index contributed by atoms with van der Waals surface area (Å²) in [6.07, 6.45) is 3.18. The van der Waals surface area contributed by atoms with Crippen molar-refractivity contribution in [1.29, 1.82) is 0 Å². The van der Waals surface area contributed by atoms with Crippen molar-refractivity contribution in [2.24, 2.45) is 11.8 Å². The monoisotopic (exact) mass is 329 g/mol. The summed E-state index contributed by atoms with van der Waals surface area (Å²) in [6, 6.07) is 7.87. The van der Waals surface area contributed by atoms with Gasteiger partial charge in [0.25, 0.3) is 5.91 Å². The van der Waals surface area contributed by atoms with E-state index in [0.29, 0.717) is 11.8 Å². The first-order valence-corrected chi connectivity index (χ1v) is 8.91. The molecule has 1 N–H and O–H groups in total. The molecule has 3 amide bonds. The molecule has 0 spiro atoms. The van der Waals surface area contributed by atoms with E-state index >= 15 is 0 Å². The Balaban J connectivity index is 1.54. The zero-order valence-electron chi connectivity index (χ0n) is 14.6. The van der Waals surface area contributed by atoms with E-state index in [1.54, 1.807) is 7.05 Å². The van der Waals surface area contributed by atoms with Crippen LogP contribution in [0.5, 0.6) is 0 Å². The van der Waals surface area contributed by atoms with Crippen molar-refractivity contribution in [3.05, 3.63) is 35.4 Å². The maximum absolute atomic E-state index is 12.7. The van der Waals surface area contributed by atoms with E-state index in [-0.39, 0.29) is 11.9 Å². The maximum atomic E-state index is 12.7. The number of benzene rings is 1. The highest BCUT2D eigenvalue weighted by Gasteiger charge is 2.34. The fraction of sp³-hybridized carbons (Fsp3) is 0.579. The summed E-state index contributed by atoms with van der Waals surface area (Å²) >= 11 is 0. The molecule has 5 nitrogen and oxygen atoms in total. The van der Waals surface area contributed by atoms with Gasteiger partial charge in [-0.3, -0.25) is 4.79 Å². The lowest BCUT2D eigenvalue weighted by molar-refractivity contribution is 0.0777. The van der Waals surface area contributed by atoms with Crippen molar-refractivity contribution < 1.29 is 9.59 Å². The number of likely N-dealkylation sites (tertiary alicyclic amines) is 2. The van der Waals surface area contributed by atoms with E-state index in [9.17, 15) is 9.59 Å². The number of carbonyl (C=O) groups is 2. The highest BCUT2D eigenvalue weighted by atomic mass is 16.2. The number of amides is 3. The van der Waals surface area contributed by atoms with Gasteiger partial charge in [-0.1, -0.05) is 17.7 Å². The summed E-state index contributed by atoms with van der Waals surface area (Å²) in [5.41, 5.74) is 1.92. The summed E-state index contributed by atoms with van der Waals surface area (Å²) < 4.78 is 0. The Labute approximate surface area is 144 Å². The summed E-state index contributed by atoms with van der Waals surface area (Å²) in [5.74, 6) is 1.36. The Hall–Kier alpha value is -2.04. The third kappa shape index (κ3) is 3.55. The lowest BCUT2D eigenvalue weighted by Crippen LogP contribution is -2.44. The molecule has 2 fully saturated rings. The van der Waals surface area contributed by atoms with Crippen molar-refractivity contribution in [3.8, 4) is 0 Å². The molecule has 0 bridgehead atoms. The van der Waals surface area contributed by atoms with Crippen LogP contribution >= 0.6 is 0 Å². The molecule has 3 rings (SSSR count). The normalized spacial score (nSPS) is 21.8. The highest BCUT2D eigenvalue weighted by molar-refractivity contribution is 5.94. The lowest BCUT2D eigenvalue weighted by Gasteiger charge is -2.34. The minimum atomic E-state index is 0.0242. The molecule has 130 valence electrons. The number of nitrogens with zero attached hydrogens (tertiary/aromatic N) is 2. The van der Waals surface area contributed by atoms with Gasteiger partial charge < -0.3 is 15.1 Å². The zero-order valence-corrected chi connectivity index (χ0v) is 14.6. The molecular weight excluding hydrogens is 302 g/mol. The Morgan fingerprint density at radius 1 is 1.04 bits per heavy atom. The van der Waals surface area contributed by atoms with Crippen LogP contribution in [0.4, 0.5) is 4.79 Å². The summed E-state index contributed by atoms with van der Waals surface area (Å²) in [7, 11) is 1.68. The number of rotatable bonds is 2. The molecular formula is C19H27N3O2. The number of carbonyl (C=O) groups excluding carboxylic acids is 2. The molecule has 5 heteroatoms. The SMILES string of the molecule is CNC(=O)N1CCC(C2CCN(C(=O)c3cccc(C)c3)C2)CC1. The number of piperidine rings is 1. The van der Waals surface area contributed by atoms with Crippen LogP contribution in [0.15, 0.2) is 24.3 Å². The van der Waals surface area contributed by atoms with Crippen LogP contribution in [0.25, 0.3) is 0 Å². The first-order valence-electron chi connectivity index (χ1n) is 8.91. The van der Waals surface area contributed by atoms with Crippen LogP contribution in [0.3, 0.4) is 0 Å². The van der Waals surface area contributed by atoms with Crippen molar-refractivity contribution in [2.45, 2.75) is 26.2 Å². The van der Waals surface area contributed by atoms with Gasteiger partial charge in [0.2, 0.25) is 0 Å². The first-order chi connectivity index (χ1) is 11.6. The number of nitrogens with one attached hydrogen (secondary N) is 1. The molecule has 1 unspecified atom stereocenters. The van der Waals surface area contributed by atoms with Crippen LogP contribution in [-0.4, -0.2) is 55.0 Å². The topological polar surface area (TPSA) is 52.7 Å². The van der Waals surface area contributed by atoms with Gasteiger partial charge in [0.05, 0.1) is 0 Å². The molecule has 2 heterocycles. The van der Waals surface area contributed by atoms with E-state index in [4.69, 9.17) is 0 Å². The van der Waals surface area contributed by atoms with Crippen molar-refractivity contribution >= 4 is 11.9 Å².